The standard InChI is InChI=1S/C23H24N4OS/c1-16(17-6-3-2-4-7-17)26-12-10-18(11-13-26)25-23(28)20-14-19-15-24-21-8-5-9-22(29-20)27(19)21/h2-9,14-16,18H,10-13H2,1H3,(H,25,28). The fourth-order valence-corrected chi connectivity index (χ4v) is 5.22. The molecule has 148 valence electrons. The fourth-order valence-electron chi connectivity index (χ4n) is 4.23. The smallest absolute Gasteiger partial charge is 0.258 e. The Kier molecular flexibility index (Phi) is 4.89. The molecule has 6 heteroatoms. The van der Waals surface area contributed by atoms with Crippen LogP contribution in [0.3, 0.4) is 0 Å². The summed E-state index contributed by atoms with van der Waals surface area (Å²) in [6.07, 6.45) is 5.73. The van der Waals surface area contributed by atoms with Gasteiger partial charge in [0.1, 0.15) is 5.65 Å². The first-order chi connectivity index (χ1) is 14.2. The topological polar surface area (TPSA) is 49.6 Å². The van der Waals surface area contributed by atoms with E-state index in [9.17, 15) is 4.79 Å². The Morgan fingerprint density at radius 3 is 2.72 bits per heavy atom. The maximum Gasteiger partial charge on any atom is 0.258 e. The highest BCUT2D eigenvalue weighted by Crippen LogP contribution is 2.34. The van der Waals surface area contributed by atoms with Gasteiger partial charge in [0.25, 0.3) is 5.91 Å². The summed E-state index contributed by atoms with van der Waals surface area (Å²) in [7, 11) is 0. The molecule has 2 aliphatic heterocycles. The number of likely N-dealkylation sites (tertiary alicyclic amines) is 1. The predicted octanol–water partition coefficient (Wildman–Crippen LogP) is 4.12. The molecular formula is C23H24N4OS. The zero-order chi connectivity index (χ0) is 19.8. The second-order valence-corrected chi connectivity index (χ2v) is 8.78. The number of benzene rings is 1. The van der Waals surface area contributed by atoms with Crippen LogP contribution in [0.5, 0.6) is 0 Å². The van der Waals surface area contributed by atoms with Crippen molar-refractivity contribution in [2.45, 2.75) is 36.9 Å². The normalized spacial score (nSPS) is 18.4. The average Bonchev–Trinajstić information content (AvgIpc) is 3.19. The van der Waals surface area contributed by atoms with Crippen LogP contribution in [0.1, 0.15) is 37.1 Å². The van der Waals surface area contributed by atoms with Crippen LogP contribution in [0.2, 0.25) is 0 Å². The van der Waals surface area contributed by atoms with Crippen molar-refractivity contribution in [3.05, 3.63) is 70.9 Å². The Bertz CT molecular complexity index is 1070. The van der Waals surface area contributed by atoms with Crippen LogP contribution in [-0.4, -0.2) is 39.3 Å². The molecule has 2 aliphatic rings. The summed E-state index contributed by atoms with van der Waals surface area (Å²) >= 11 is 1.52. The molecule has 1 amide bonds. The van der Waals surface area contributed by atoms with Gasteiger partial charge in [-0.15, -0.1) is 0 Å². The average molecular weight is 405 g/mol. The first-order valence-electron chi connectivity index (χ1n) is 10.1. The van der Waals surface area contributed by atoms with Gasteiger partial charge in [-0.25, -0.2) is 4.98 Å². The zero-order valence-electron chi connectivity index (χ0n) is 16.4. The molecule has 1 saturated heterocycles. The number of rotatable bonds is 4. The van der Waals surface area contributed by atoms with Crippen LogP contribution in [0.15, 0.2) is 64.7 Å². The van der Waals surface area contributed by atoms with Crippen LogP contribution in [0.25, 0.3) is 11.7 Å². The van der Waals surface area contributed by atoms with E-state index in [4.69, 9.17) is 0 Å². The van der Waals surface area contributed by atoms with Gasteiger partial charge in [0.05, 0.1) is 21.8 Å². The zero-order valence-corrected chi connectivity index (χ0v) is 17.2. The molecule has 0 saturated carbocycles. The van der Waals surface area contributed by atoms with E-state index >= 15 is 0 Å². The summed E-state index contributed by atoms with van der Waals surface area (Å²) in [5, 5.41) is 4.29. The van der Waals surface area contributed by atoms with E-state index in [2.05, 4.69) is 56.9 Å². The Labute approximate surface area is 174 Å². The van der Waals surface area contributed by atoms with Gasteiger partial charge >= 0.3 is 0 Å². The van der Waals surface area contributed by atoms with E-state index in [0.717, 1.165) is 47.2 Å². The van der Waals surface area contributed by atoms with Crippen molar-refractivity contribution in [2.24, 2.45) is 0 Å². The largest absolute Gasteiger partial charge is 0.349 e. The molecule has 1 atom stereocenters. The Hall–Kier alpha value is -2.57. The number of nitrogens with zero attached hydrogens (tertiary/aromatic N) is 3. The third-order valence-electron chi connectivity index (χ3n) is 5.93. The third kappa shape index (κ3) is 3.58. The van der Waals surface area contributed by atoms with Crippen molar-refractivity contribution in [1.29, 1.82) is 0 Å². The van der Waals surface area contributed by atoms with E-state index < -0.39 is 0 Å². The molecule has 1 aromatic carbocycles. The van der Waals surface area contributed by atoms with E-state index in [1.807, 2.05) is 30.5 Å². The number of thioether (sulfide) groups is 1. The van der Waals surface area contributed by atoms with Crippen LogP contribution in [-0.2, 0) is 4.79 Å². The molecule has 4 heterocycles. The Morgan fingerprint density at radius 1 is 1.14 bits per heavy atom. The minimum absolute atomic E-state index is 0.0222. The van der Waals surface area contributed by atoms with Gasteiger partial charge in [0.15, 0.2) is 0 Å². The van der Waals surface area contributed by atoms with Crippen molar-refractivity contribution in [1.82, 2.24) is 19.6 Å². The molecule has 5 rings (SSSR count). The predicted molar refractivity (Wildman–Crippen MR) is 117 cm³/mol. The number of carbonyl (C=O) groups is 1. The SMILES string of the molecule is CC(c1ccccc1)N1CCC(NC(=O)C2=Cc3cnc4cccc(n34)S2)CC1. The Balaban J connectivity index is 1.21. The van der Waals surface area contributed by atoms with E-state index in [-0.39, 0.29) is 11.9 Å². The number of hydrogen-bond donors (Lipinski definition) is 1. The van der Waals surface area contributed by atoms with Gasteiger partial charge in [-0.1, -0.05) is 48.2 Å². The van der Waals surface area contributed by atoms with E-state index in [1.165, 1.54) is 17.3 Å². The molecule has 2 aromatic heterocycles. The number of amides is 1. The summed E-state index contributed by atoms with van der Waals surface area (Å²) in [6.45, 7) is 4.26. The summed E-state index contributed by atoms with van der Waals surface area (Å²) in [6, 6.07) is 17.3. The summed E-state index contributed by atoms with van der Waals surface area (Å²) in [5.74, 6) is 0.0222. The highest BCUT2D eigenvalue weighted by molar-refractivity contribution is 8.04. The van der Waals surface area contributed by atoms with Crippen LogP contribution in [0.4, 0.5) is 0 Å². The summed E-state index contributed by atoms with van der Waals surface area (Å²) in [5.41, 5.74) is 3.23. The van der Waals surface area contributed by atoms with Crippen molar-refractivity contribution in [3.63, 3.8) is 0 Å². The number of carbonyl (C=O) groups excluding carboxylic acids is 1. The first kappa shape index (κ1) is 18.5. The van der Waals surface area contributed by atoms with E-state index in [1.54, 1.807) is 0 Å². The monoisotopic (exact) mass is 404 g/mol. The lowest BCUT2D eigenvalue weighted by Crippen LogP contribution is -2.45. The molecule has 0 spiro atoms. The van der Waals surface area contributed by atoms with Gasteiger partial charge in [0.2, 0.25) is 0 Å². The van der Waals surface area contributed by atoms with Crippen molar-refractivity contribution < 1.29 is 4.79 Å². The second-order valence-electron chi connectivity index (χ2n) is 7.72. The first-order valence-corrected chi connectivity index (χ1v) is 11.0. The molecule has 1 unspecified atom stereocenters. The second kappa shape index (κ2) is 7.69. The van der Waals surface area contributed by atoms with Gasteiger partial charge in [-0.3, -0.25) is 14.1 Å². The molecule has 3 aromatic rings. The molecule has 1 fully saturated rings. The fraction of sp³-hybridized carbons (Fsp3) is 0.304. The highest BCUT2D eigenvalue weighted by atomic mass is 32.2. The Morgan fingerprint density at radius 2 is 1.93 bits per heavy atom. The molecule has 0 bridgehead atoms. The van der Waals surface area contributed by atoms with Crippen LogP contribution < -0.4 is 5.32 Å². The minimum Gasteiger partial charge on any atom is -0.349 e. The lowest BCUT2D eigenvalue weighted by Gasteiger charge is -2.36. The maximum atomic E-state index is 12.9. The lowest BCUT2D eigenvalue weighted by molar-refractivity contribution is -0.117. The van der Waals surface area contributed by atoms with Crippen LogP contribution >= 0.6 is 11.8 Å². The van der Waals surface area contributed by atoms with E-state index in [0.29, 0.717) is 6.04 Å². The number of pyridine rings is 1. The van der Waals surface area contributed by atoms with Gasteiger partial charge in [0, 0.05) is 25.2 Å². The van der Waals surface area contributed by atoms with Gasteiger partial charge < -0.3 is 5.32 Å². The highest BCUT2D eigenvalue weighted by Gasteiger charge is 2.26. The summed E-state index contributed by atoms with van der Waals surface area (Å²) < 4.78 is 2.09. The lowest BCUT2D eigenvalue weighted by atomic mass is 10.00. The van der Waals surface area contributed by atoms with Gasteiger partial charge in [-0.05, 0) is 43.5 Å². The van der Waals surface area contributed by atoms with Crippen LogP contribution in [0, 0.1) is 0 Å². The molecule has 0 aliphatic carbocycles. The number of piperidine rings is 1. The number of imidazole rings is 1. The number of aromatic nitrogens is 2. The molecule has 29 heavy (non-hydrogen) atoms. The number of hydrogen-bond acceptors (Lipinski definition) is 4. The minimum atomic E-state index is 0.0222. The van der Waals surface area contributed by atoms with Crippen molar-refractivity contribution in [3.8, 4) is 0 Å². The van der Waals surface area contributed by atoms with Gasteiger partial charge in [-0.2, -0.15) is 0 Å². The maximum absolute atomic E-state index is 12.9. The number of nitrogens with one attached hydrogen (secondary N) is 1. The molecule has 5 nitrogen and oxygen atoms in total. The van der Waals surface area contributed by atoms with Crippen molar-refractivity contribution in [2.75, 3.05) is 13.1 Å². The molecule has 0 radical (unpaired) electrons. The summed E-state index contributed by atoms with van der Waals surface area (Å²) in [4.78, 5) is 20.6. The van der Waals surface area contributed by atoms with Crippen molar-refractivity contribution >= 4 is 29.4 Å². The molecular weight excluding hydrogens is 380 g/mol. The molecule has 1 N–H and O–H groups in total. The third-order valence-corrected chi connectivity index (χ3v) is 6.98. The quantitative estimate of drug-likeness (QED) is 0.711.